The van der Waals surface area contributed by atoms with Gasteiger partial charge in [0.15, 0.2) is 0 Å². The van der Waals surface area contributed by atoms with Crippen molar-refractivity contribution in [3.63, 3.8) is 0 Å². The first-order valence-electron chi connectivity index (χ1n) is 4.07. The highest BCUT2D eigenvalue weighted by atomic mass is 16.4. The van der Waals surface area contributed by atoms with Gasteiger partial charge in [-0.05, 0) is 12.2 Å². The van der Waals surface area contributed by atoms with E-state index < -0.39 is 11.4 Å². The summed E-state index contributed by atoms with van der Waals surface area (Å²) in [6.45, 7) is 0. The molecule has 0 radical (unpaired) electrons. The minimum atomic E-state index is -0.806. The highest BCUT2D eigenvalue weighted by Gasteiger charge is 2.35. The summed E-state index contributed by atoms with van der Waals surface area (Å²) in [5, 5.41) is 8.76. The summed E-state index contributed by atoms with van der Waals surface area (Å²) in [6.07, 6.45) is 11.0. The van der Waals surface area contributed by atoms with E-state index in [0.717, 1.165) is 5.71 Å². The zero-order chi connectivity index (χ0) is 9.31. The van der Waals surface area contributed by atoms with Gasteiger partial charge in [-0.2, -0.15) is 0 Å². The summed E-state index contributed by atoms with van der Waals surface area (Å²) >= 11 is 0. The van der Waals surface area contributed by atoms with Crippen LogP contribution >= 0.6 is 0 Å². The summed E-state index contributed by atoms with van der Waals surface area (Å²) in [5.74, 6) is -0.806. The summed E-state index contributed by atoms with van der Waals surface area (Å²) in [7, 11) is 0. The molecule has 0 aromatic rings. The second kappa shape index (κ2) is 2.69. The molecular formula is C10H9NO2. The molecule has 1 unspecified atom stereocenters. The van der Waals surface area contributed by atoms with E-state index in [1.807, 2.05) is 30.4 Å². The molecule has 2 aliphatic rings. The molecule has 0 aromatic heterocycles. The number of fused-ring (bicyclic) bond motifs is 1. The van der Waals surface area contributed by atoms with Crippen LogP contribution in [-0.4, -0.2) is 16.8 Å². The van der Waals surface area contributed by atoms with Gasteiger partial charge in [0.25, 0.3) is 0 Å². The summed E-state index contributed by atoms with van der Waals surface area (Å²) in [4.78, 5) is 14.8. The number of carbonyl (C=O) groups is 1. The van der Waals surface area contributed by atoms with Crippen molar-refractivity contribution in [3.05, 3.63) is 36.6 Å². The van der Waals surface area contributed by atoms with Crippen LogP contribution in [0.4, 0.5) is 0 Å². The van der Waals surface area contributed by atoms with Crippen molar-refractivity contribution in [1.29, 1.82) is 0 Å². The lowest BCUT2D eigenvalue weighted by Crippen LogP contribution is -2.27. The molecule has 0 saturated carbocycles. The van der Waals surface area contributed by atoms with Crippen molar-refractivity contribution in [2.75, 3.05) is 0 Å². The second-order valence-electron chi connectivity index (χ2n) is 3.16. The summed E-state index contributed by atoms with van der Waals surface area (Å²) in [6, 6.07) is 0. The minimum Gasteiger partial charge on any atom is -0.481 e. The lowest BCUT2D eigenvalue weighted by Gasteiger charge is -2.23. The Kier molecular flexibility index (Phi) is 1.65. The molecule has 1 N–H and O–H groups in total. The Labute approximate surface area is 75.8 Å². The molecule has 1 aliphatic carbocycles. The van der Waals surface area contributed by atoms with E-state index in [0.29, 0.717) is 0 Å². The molecule has 0 bridgehead atoms. The van der Waals surface area contributed by atoms with Gasteiger partial charge >= 0.3 is 5.97 Å². The van der Waals surface area contributed by atoms with Crippen LogP contribution < -0.4 is 0 Å². The van der Waals surface area contributed by atoms with Gasteiger partial charge in [0.1, 0.15) is 0 Å². The maximum Gasteiger partial charge on any atom is 0.304 e. The number of aliphatic imine (C=N–C) groups is 1. The van der Waals surface area contributed by atoms with Crippen molar-refractivity contribution in [1.82, 2.24) is 0 Å². The van der Waals surface area contributed by atoms with Crippen LogP contribution in [0.25, 0.3) is 0 Å². The fourth-order valence-corrected chi connectivity index (χ4v) is 1.63. The van der Waals surface area contributed by atoms with Crippen molar-refractivity contribution in [3.8, 4) is 0 Å². The molecule has 0 aromatic carbocycles. The molecule has 2 rings (SSSR count). The highest BCUT2D eigenvalue weighted by molar-refractivity contribution is 6.07. The smallest absolute Gasteiger partial charge is 0.304 e. The van der Waals surface area contributed by atoms with Crippen molar-refractivity contribution < 1.29 is 9.90 Å². The number of allylic oxidation sites excluding steroid dienone is 5. The third-order valence-electron chi connectivity index (χ3n) is 2.27. The minimum absolute atomic E-state index is 0.0726. The van der Waals surface area contributed by atoms with Crippen LogP contribution in [0.5, 0.6) is 0 Å². The lowest BCUT2D eigenvalue weighted by atomic mass is 9.78. The van der Waals surface area contributed by atoms with Gasteiger partial charge in [0.2, 0.25) is 0 Å². The molecule has 0 saturated heterocycles. The van der Waals surface area contributed by atoms with E-state index in [2.05, 4.69) is 4.99 Å². The fourth-order valence-electron chi connectivity index (χ4n) is 1.63. The first-order chi connectivity index (χ1) is 6.23. The van der Waals surface area contributed by atoms with E-state index in [-0.39, 0.29) is 6.42 Å². The highest BCUT2D eigenvalue weighted by Crippen LogP contribution is 2.34. The van der Waals surface area contributed by atoms with Gasteiger partial charge in [-0.15, -0.1) is 0 Å². The fraction of sp³-hybridized carbons (Fsp3) is 0.200. The van der Waals surface area contributed by atoms with Gasteiger partial charge in [0, 0.05) is 6.20 Å². The van der Waals surface area contributed by atoms with E-state index >= 15 is 0 Å². The van der Waals surface area contributed by atoms with Crippen LogP contribution in [-0.2, 0) is 4.79 Å². The number of rotatable bonds is 2. The largest absolute Gasteiger partial charge is 0.481 e. The number of hydrogen-bond donors (Lipinski definition) is 1. The van der Waals surface area contributed by atoms with Crippen molar-refractivity contribution in [2.45, 2.75) is 6.42 Å². The molecule has 1 aliphatic heterocycles. The van der Waals surface area contributed by atoms with E-state index in [9.17, 15) is 4.79 Å². The van der Waals surface area contributed by atoms with Gasteiger partial charge in [-0.3, -0.25) is 9.79 Å². The zero-order valence-corrected chi connectivity index (χ0v) is 6.97. The first-order valence-corrected chi connectivity index (χ1v) is 4.07. The Balaban J connectivity index is 2.35. The second-order valence-corrected chi connectivity index (χ2v) is 3.16. The number of aliphatic carboxylic acids is 1. The average molecular weight is 175 g/mol. The predicted octanol–water partition coefficient (Wildman–Crippen LogP) is 1.54. The average Bonchev–Trinajstić information content (AvgIpc) is 2.45. The standard InChI is InChI=1S/C10H9NO2/c12-9(13)7-10-4-2-1-3-8(10)11-6-5-10/h1-6H,7H2,(H,12,13). The Morgan fingerprint density at radius 2 is 2.31 bits per heavy atom. The third-order valence-corrected chi connectivity index (χ3v) is 2.27. The van der Waals surface area contributed by atoms with Crippen LogP contribution in [0.1, 0.15) is 6.42 Å². The van der Waals surface area contributed by atoms with Gasteiger partial charge in [-0.25, -0.2) is 0 Å². The molecule has 3 heteroatoms. The molecule has 13 heavy (non-hydrogen) atoms. The summed E-state index contributed by atoms with van der Waals surface area (Å²) < 4.78 is 0. The first kappa shape index (κ1) is 7.98. The molecule has 1 atom stereocenters. The Morgan fingerprint density at radius 3 is 3.08 bits per heavy atom. The van der Waals surface area contributed by atoms with Gasteiger partial charge in [0.05, 0.1) is 17.5 Å². The number of nitrogens with zero attached hydrogens (tertiary/aromatic N) is 1. The maximum atomic E-state index is 10.7. The van der Waals surface area contributed by atoms with E-state index in [1.54, 1.807) is 6.20 Å². The van der Waals surface area contributed by atoms with Crippen molar-refractivity contribution in [2.24, 2.45) is 10.4 Å². The van der Waals surface area contributed by atoms with Crippen LogP contribution in [0.3, 0.4) is 0 Å². The molecule has 0 fully saturated rings. The zero-order valence-electron chi connectivity index (χ0n) is 6.97. The third kappa shape index (κ3) is 1.22. The Bertz CT molecular complexity index is 363. The topological polar surface area (TPSA) is 49.7 Å². The number of hydrogen-bond acceptors (Lipinski definition) is 2. The summed E-state index contributed by atoms with van der Waals surface area (Å²) in [5.41, 5.74) is 0.332. The monoisotopic (exact) mass is 175 g/mol. The van der Waals surface area contributed by atoms with Crippen LogP contribution in [0.2, 0.25) is 0 Å². The van der Waals surface area contributed by atoms with Gasteiger partial charge < -0.3 is 5.11 Å². The lowest BCUT2D eigenvalue weighted by molar-refractivity contribution is -0.137. The predicted molar refractivity (Wildman–Crippen MR) is 49.5 cm³/mol. The molecular weight excluding hydrogens is 166 g/mol. The molecule has 3 nitrogen and oxygen atoms in total. The molecule has 0 spiro atoms. The van der Waals surface area contributed by atoms with E-state index in [4.69, 9.17) is 5.11 Å². The Morgan fingerprint density at radius 1 is 1.46 bits per heavy atom. The normalized spacial score (nSPS) is 28.8. The quantitative estimate of drug-likeness (QED) is 0.692. The molecule has 1 heterocycles. The molecule has 0 amide bonds. The van der Waals surface area contributed by atoms with E-state index in [1.165, 1.54) is 0 Å². The van der Waals surface area contributed by atoms with Crippen LogP contribution in [0.15, 0.2) is 41.6 Å². The maximum absolute atomic E-state index is 10.7. The SMILES string of the molecule is O=C(O)CC12C=CC=CC1=NC=C2. The van der Waals surface area contributed by atoms with Crippen LogP contribution in [0, 0.1) is 5.41 Å². The number of carboxylic acid groups (broad SMARTS) is 1. The number of carboxylic acids is 1. The molecule has 66 valence electrons. The Hall–Kier alpha value is -1.64. The van der Waals surface area contributed by atoms with Gasteiger partial charge in [-0.1, -0.05) is 18.2 Å². The van der Waals surface area contributed by atoms with Crippen molar-refractivity contribution >= 4 is 11.7 Å².